The predicted molar refractivity (Wildman–Crippen MR) is 64.7 cm³/mol. The van der Waals surface area contributed by atoms with E-state index in [-0.39, 0.29) is 0 Å². The molecule has 0 aliphatic carbocycles. The molecule has 0 amide bonds. The minimum atomic E-state index is 0.854. The number of rotatable bonds is 7. The molecule has 0 aliphatic heterocycles. The van der Waals surface area contributed by atoms with Crippen LogP contribution in [0, 0.1) is 5.92 Å². The Kier molecular flexibility index (Phi) is 5.88. The third-order valence-corrected chi connectivity index (χ3v) is 3.03. The van der Waals surface area contributed by atoms with E-state index in [4.69, 9.17) is 0 Å². The van der Waals surface area contributed by atoms with Crippen LogP contribution in [-0.2, 0) is 6.54 Å². The van der Waals surface area contributed by atoms with Crippen LogP contribution in [0.3, 0.4) is 0 Å². The van der Waals surface area contributed by atoms with E-state index in [1.807, 2.05) is 0 Å². The standard InChI is InChI=1S/C12H21NS/c1-11(2)5-3-4-7-13-9-12-6-8-14-10-12/h6,8,10-11,13H,3-5,7,9H2,1-2H3. The minimum absolute atomic E-state index is 0.854. The van der Waals surface area contributed by atoms with Crippen molar-refractivity contribution in [3.05, 3.63) is 22.4 Å². The van der Waals surface area contributed by atoms with Gasteiger partial charge in [0.05, 0.1) is 0 Å². The molecule has 1 aromatic rings. The van der Waals surface area contributed by atoms with Gasteiger partial charge in [0.15, 0.2) is 0 Å². The van der Waals surface area contributed by atoms with E-state index in [9.17, 15) is 0 Å². The number of thiophene rings is 1. The topological polar surface area (TPSA) is 12.0 Å². The number of nitrogens with one attached hydrogen (secondary N) is 1. The van der Waals surface area contributed by atoms with Crippen molar-refractivity contribution in [2.45, 2.75) is 39.7 Å². The Morgan fingerprint density at radius 3 is 2.86 bits per heavy atom. The van der Waals surface area contributed by atoms with E-state index in [1.165, 1.54) is 24.8 Å². The van der Waals surface area contributed by atoms with Gasteiger partial charge in [0.1, 0.15) is 0 Å². The molecule has 0 fully saturated rings. The minimum Gasteiger partial charge on any atom is -0.313 e. The van der Waals surface area contributed by atoms with Crippen LogP contribution in [0.4, 0.5) is 0 Å². The average Bonchev–Trinajstić information content (AvgIpc) is 2.63. The summed E-state index contributed by atoms with van der Waals surface area (Å²) in [5, 5.41) is 7.81. The molecule has 0 aliphatic rings. The van der Waals surface area contributed by atoms with Crippen LogP contribution in [0.2, 0.25) is 0 Å². The van der Waals surface area contributed by atoms with Gasteiger partial charge in [-0.2, -0.15) is 11.3 Å². The van der Waals surface area contributed by atoms with Gasteiger partial charge in [-0.15, -0.1) is 0 Å². The van der Waals surface area contributed by atoms with Crippen LogP contribution < -0.4 is 5.32 Å². The highest BCUT2D eigenvalue weighted by molar-refractivity contribution is 7.07. The molecule has 0 aromatic carbocycles. The molecule has 1 N–H and O–H groups in total. The maximum atomic E-state index is 3.47. The molecule has 0 saturated carbocycles. The van der Waals surface area contributed by atoms with Crippen LogP contribution in [0.1, 0.15) is 38.7 Å². The molecule has 14 heavy (non-hydrogen) atoms. The highest BCUT2D eigenvalue weighted by atomic mass is 32.1. The summed E-state index contributed by atoms with van der Waals surface area (Å²) >= 11 is 1.77. The van der Waals surface area contributed by atoms with E-state index >= 15 is 0 Å². The largest absolute Gasteiger partial charge is 0.313 e. The molecule has 1 heterocycles. The molecule has 0 spiro atoms. The van der Waals surface area contributed by atoms with Gasteiger partial charge in [0.2, 0.25) is 0 Å². The summed E-state index contributed by atoms with van der Waals surface area (Å²) in [6.07, 6.45) is 4.02. The normalized spacial score (nSPS) is 11.1. The lowest BCUT2D eigenvalue weighted by molar-refractivity contribution is 0.521. The maximum Gasteiger partial charge on any atom is 0.0213 e. The lowest BCUT2D eigenvalue weighted by Gasteiger charge is -2.05. The van der Waals surface area contributed by atoms with Gasteiger partial charge in [-0.3, -0.25) is 0 Å². The van der Waals surface area contributed by atoms with Crippen molar-refractivity contribution in [2.75, 3.05) is 6.54 Å². The zero-order valence-corrected chi connectivity index (χ0v) is 10.1. The van der Waals surface area contributed by atoms with E-state index in [0.717, 1.165) is 19.0 Å². The Morgan fingerprint density at radius 2 is 2.21 bits per heavy atom. The smallest absolute Gasteiger partial charge is 0.0213 e. The number of hydrogen-bond donors (Lipinski definition) is 1. The van der Waals surface area contributed by atoms with Crippen LogP contribution in [-0.4, -0.2) is 6.54 Å². The maximum absolute atomic E-state index is 3.47. The van der Waals surface area contributed by atoms with Crippen molar-refractivity contribution in [3.8, 4) is 0 Å². The second-order valence-electron chi connectivity index (χ2n) is 4.20. The molecule has 80 valence electrons. The van der Waals surface area contributed by atoms with Gasteiger partial charge in [-0.05, 0) is 41.3 Å². The summed E-state index contributed by atoms with van der Waals surface area (Å²) in [6, 6.07) is 2.19. The van der Waals surface area contributed by atoms with Gasteiger partial charge in [0.25, 0.3) is 0 Å². The fourth-order valence-electron chi connectivity index (χ4n) is 1.43. The van der Waals surface area contributed by atoms with Gasteiger partial charge < -0.3 is 5.32 Å². The average molecular weight is 211 g/mol. The SMILES string of the molecule is CC(C)CCCCNCc1ccsc1. The monoisotopic (exact) mass is 211 g/mol. The van der Waals surface area contributed by atoms with E-state index in [0.29, 0.717) is 0 Å². The summed E-state index contributed by atoms with van der Waals surface area (Å²) in [4.78, 5) is 0. The second kappa shape index (κ2) is 7.02. The van der Waals surface area contributed by atoms with E-state index in [2.05, 4.69) is 36.0 Å². The molecule has 1 nitrogen and oxygen atoms in total. The summed E-state index contributed by atoms with van der Waals surface area (Å²) in [7, 11) is 0. The number of hydrogen-bond acceptors (Lipinski definition) is 2. The van der Waals surface area contributed by atoms with Crippen LogP contribution >= 0.6 is 11.3 Å². The van der Waals surface area contributed by atoms with Gasteiger partial charge in [0, 0.05) is 6.54 Å². The van der Waals surface area contributed by atoms with Gasteiger partial charge >= 0.3 is 0 Å². The van der Waals surface area contributed by atoms with Gasteiger partial charge in [-0.1, -0.05) is 26.7 Å². The Bertz CT molecular complexity index is 216. The van der Waals surface area contributed by atoms with Crippen molar-refractivity contribution in [3.63, 3.8) is 0 Å². The highest BCUT2D eigenvalue weighted by Gasteiger charge is 1.94. The molecular weight excluding hydrogens is 190 g/mol. The number of unbranched alkanes of at least 4 members (excludes halogenated alkanes) is 1. The fourth-order valence-corrected chi connectivity index (χ4v) is 2.10. The van der Waals surface area contributed by atoms with Crippen molar-refractivity contribution in [2.24, 2.45) is 5.92 Å². The Balaban J connectivity index is 1.90. The molecule has 1 aromatic heterocycles. The van der Waals surface area contributed by atoms with Crippen LogP contribution in [0.5, 0.6) is 0 Å². The first kappa shape index (κ1) is 11.7. The lowest BCUT2D eigenvalue weighted by Crippen LogP contribution is -2.14. The summed E-state index contributed by atoms with van der Waals surface area (Å²) in [6.45, 7) is 6.77. The molecule has 2 heteroatoms. The summed E-state index contributed by atoms with van der Waals surface area (Å²) in [5.41, 5.74) is 1.42. The Hall–Kier alpha value is -0.340. The third-order valence-electron chi connectivity index (χ3n) is 2.29. The van der Waals surface area contributed by atoms with Crippen molar-refractivity contribution >= 4 is 11.3 Å². The van der Waals surface area contributed by atoms with E-state index in [1.54, 1.807) is 11.3 Å². The molecule has 1 rings (SSSR count). The summed E-state index contributed by atoms with van der Waals surface area (Å²) < 4.78 is 0. The zero-order chi connectivity index (χ0) is 10.2. The molecule has 0 radical (unpaired) electrons. The quantitative estimate of drug-likeness (QED) is 0.679. The van der Waals surface area contributed by atoms with Crippen molar-refractivity contribution in [1.29, 1.82) is 0 Å². The van der Waals surface area contributed by atoms with Crippen molar-refractivity contribution < 1.29 is 0 Å². The molecular formula is C12H21NS. The third kappa shape index (κ3) is 5.40. The van der Waals surface area contributed by atoms with Crippen molar-refractivity contribution in [1.82, 2.24) is 5.32 Å². The molecule has 0 atom stereocenters. The molecule has 0 bridgehead atoms. The van der Waals surface area contributed by atoms with Crippen LogP contribution in [0.25, 0.3) is 0 Å². The van der Waals surface area contributed by atoms with Gasteiger partial charge in [-0.25, -0.2) is 0 Å². The molecule has 0 saturated heterocycles. The first-order valence-corrected chi connectivity index (χ1v) is 6.45. The molecule has 0 unspecified atom stereocenters. The Morgan fingerprint density at radius 1 is 1.36 bits per heavy atom. The summed E-state index contributed by atoms with van der Waals surface area (Å²) in [5.74, 6) is 0.854. The first-order valence-electron chi connectivity index (χ1n) is 5.51. The highest BCUT2D eigenvalue weighted by Crippen LogP contribution is 2.06. The predicted octanol–water partition coefficient (Wildman–Crippen LogP) is 3.66. The Labute approximate surface area is 91.5 Å². The first-order chi connectivity index (χ1) is 6.79. The fraction of sp³-hybridized carbons (Fsp3) is 0.667. The zero-order valence-electron chi connectivity index (χ0n) is 9.25. The lowest BCUT2D eigenvalue weighted by atomic mass is 10.1. The second-order valence-corrected chi connectivity index (χ2v) is 4.98. The van der Waals surface area contributed by atoms with Crippen LogP contribution in [0.15, 0.2) is 16.8 Å². The van der Waals surface area contributed by atoms with E-state index < -0.39 is 0 Å².